The van der Waals surface area contributed by atoms with Gasteiger partial charge in [-0.15, -0.1) is 34.9 Å². The van der Waals surface area contributed by atoms with E-state index in [4.69, 9.17) is 0 Å². The number of pyridine rings is 1. The second-order valence-corrected chi connectivity index (χ2v) is 5.75. The molecule has 0 bridgehead atoms. The summed E-state index contributed by atoms with van der Waals surface area (Å²) in [6.45, 7) is 6.68. The SMILES string of the molecule is CC(=O)C(C)=O.Cc1[c-]c(-c2nccc3ccccc23)cc(C)c1.[Os+]. The van der Waals surface area contributed by atoms with Gasteiger partial charge in [-0.25, -0.2) is 0 Å². The Morgan fingerprint density at radius 2 is 1.60 bits per heavy atom. The molecule has 0 saturated heterocycles. The molecule has 1 heterocycles. The number of aromatic nitrogens is 1. The van der Waals surface area contributed by atoms with Gasteiger partial charge in [-0.2, -0.15) is 0 Å². The normalized spacial score (nSPS) is 9.60. The Balaban J connectivity index is 0.000000390. The summed E-state index contributed by atoms with van der Waals surface area (Å²) in [4.78, 5) is 24.1. The number of benzene rings is 2. The van der Waals surface area contributed by atoms with Gasteiger partial charge in [0.1, 0.15) is 0 Å². The molecule has 0 spiro atoms. The van der Waals surface area contributed by atoms with E-state index >= 15 is 0 Å². The van der Waals surface area contributed by atoms with Crippen molar-refractivity contribution in [2.75, 3.05) is 0 Å². The van der Waals surface area contributed by atoms with Crippen LogP contribution in [0.1, 0.15) is 25.0 Å². The number of carbonyl (C=O) groups is 2. The number of nitrogens with zero attached hydrogens (tertiary/aromatic N) is 1. The first-order chi connectivity index (χ1) is 11.4. The molecule has 0 atom stereocenters. The summed E-state index contributed by atoms with van der Waals surface area (Å²) in [7, 11) is 0. The van der Waals surface area contributed by atoms with Gasteiger partial charge in [0.25, 0.3) is 0 Å². The van der Waals surface area contributed by atoms with Crippen molar-refractivity contribution in [2.24, 2.45) is 0 Å². The van der Waals surface area contributed by atoms with Crippen molar-refractivity contribution in [1.29, 1.82) is 0 Å². The molecule has 3 rings (SSSR count). The summed E-state index contributed by atoms with van der Waals surface area (Å²) in [6, 6.07) is 18.0. The predicted molar refractivity (Wildman–Crippen MR) is 96.9 cm³/mol. The van der Waals surface area contributed by atoms with Crippen LogP contribution in [0.15, 0.2) is 48.7 Å². The number of carbonyl (C=O) groups excluding carboxylic acids is 2. The summed E-state index contributed by atoms with van der Waals surface area (Å²) >= 11 is 0. The average Bonchev–Trinajstić information content (AvgIpc) is 2.54. The fourth-order valence-corrected chi connectivity index (χ4v) is 2.36. The molecule has 0 aliphatic rings. The standard InChI is InChI=1S/C17H14N.C4H6O2.Os/c1-12-9-13(2)11-15(10-12)17-16-6-4-3-5-14(16)7-8-18-17;1-3(5)4(2)6;/h3-10H,1-2H3;1-2H3;/q-1;;+1. The van der Waals surface area contributed by atoms with Crippen LogP contribution in [0.2, 0.25) is 0 Å². The van der Waals surface area contributed by atoms with Gasteiger partial charge >= 0.3 is 19.8 Å². The van der Waals surface area contributed by atoms with Crippen LogP contribution in [-0.2, 0) is 29.4 Å². The second-order valence-electron chi connectivity index (χ2n) is 5.75. The Hall–Kier alpha value is -2.17. The van der Waals surface area contributed by atoms with Crippen LogP contribution in [-0.4, -0.2) is 16.6 Å². The van der Waals surface area contributed by atoms with Crippen LogP contribution in [0.25, 0.3) is 22.0 Å². The molecule has 1 aromatic heterocycles. The van der Waals surface area contributed by atoms with Crippen molar-refractivity contribution in [3.05, 3.63) is 65.9 Å². The van der Waals surface area contributed by atoms with Crippen LogP contribution in [0.4, 0.5) is 0 Å². The minimum absolute atomic E-state index is 0. The minimum Gasteiger partial charge on any atom is -0.304 e. The summed E-state index contributed by atoms with van der Waals surface area (Å²) in [5.74, 6) is -0.759. The first-order valence-corrected chi connectivity index (χ1v) is 7.74. The number of Topliss-reactive ketones (excluding diaryl/α,β-unsaturated/α-hetero) is 2. The fourth-order valence-electron chi connectivity index (χ4n) is 2.36. The van der Waals surface area contributed by atoms with Crippen LogP contribution in [0.3, 0.4) is 0 Å². The Labute approximate surface area is 161 Å². The van der Waals surface area contributed by atoms with Gasteiger partial charge in [-0.3, -0.25) is 9.59 Å². The van der Waals surface area contributed by atoms with Crippen molar-refractivity contribution >= 4 is 22.3 Å². The van der Waals surface area contributed by atoms with E-state index < -0.39 is 0 Å². The molecule has 0 saturated carbocycles. The van der Waals surface area contributed by atoms with E-state index in [2.05, 4.69) is 61.3 Å². The molecule has 3 aromatic rings. The molecule has 0 amide bonds. The number of hydrogen-bond donors (Lipinski definition) is 0. The third-order valence-electron chi connectivity index (χ3n) is 3.57. The van der Waals surface area contributed by atoms with Crippen LogP contribution in [0, 0.1) is 19.9 Å². The van der Waals surface area contributed by atoms with E-state index in [1.165, 1.54) is 30.2 Å². The molecule has 0 N–H and O–H groups in total. The summed E-state index contributed by atoms with van der Waals surface area (Å²) in [5.41, 5.74) is 4.49. The third-order valence-corrected chi connectivity index (χ3v) is 3.57. The zero-order chi connectivity index (χ0) is 17.7. The van der Waals surface area contributed by atoms with Gasteiger partial charge in [0.05, 0.1) is 0 Å². The molecule has 0 fully saturated rings. The molecule has 4 heteroatoms. The Morgan fingerprint density at radius 1 is 0.960 bits per heavy atom. The van der Waals surface area contributed by atoms with Crippen molar-refractivity contribution < 1.29 is 29.4 Å². The third kappa shape index (κ3) is 5.69. The first kappa shape index (κ1) is 20.9. The minimum atomic E-state index is -0.380. The maximum absolute atomic E-state index is 9.79. The molecule has 2 aromatic carbocycles. The van der Waals surface area contributed by atoms with E-state index in [1.807, 2.05) is 12.3 Å². The van der Waals surface area contributed by atoms with Gasteiger partial charge in [-0.1, -0.05) is 38.1 Å². The first-order valence-electron chi connectivity index (χ1n) is 7.74. The molecule has 129 valence electrons. The molecule has 1 radical (unpaired) electrons. The molecular formula is C21H20NO2Os. The van der Waals surface area contributed by atoms with Gasteiger partial charge in [-0.05, 0) is 22.5 Å². The number of ketones is 2. The number of fused-ring (bicyclic) bond motifs is 1. The molecule has 25 heavy (non-hydrogen) atoms. The van der Waals surface area contributed by atoms with E-state index in [1.54, 1.807) is 0 Å². The number of aryl methyl sites for hydroxylation is 2. The van der Waals surface area contributed by atoms with Crippen molar-refractivity contribution in [2.45, 2.75) is 27.7 Å². The monoisotopic (exact) mass is 510 g/mol. The maximum Gasteiger partial charge on any atom is 1.00 e. The fraction of sp³-hybridized carbons (Fsp3) is 0.190. The average molecular weight is 509 g/mol. The van der Waals surface area contributed by atoms with Crippen LogP contribution < -0.4 is 0 Å². The van der Waals surface area contributed by atoms with Crippen molar-refractivity contribution in [1.82, 2.24) is 4.98 Å². The van der Waals surface area contributed by atoms with Gasteiger partial charge in [0.2, 0.25) is 0 Å². The maximum atomic E-state index is 9.79. The smallest absolute Gasteiger partial charge is 0.304 e. The Morgan fingerprint density at radius 3 is 2.20 bits per heavy atom. The zero-order valence-corrected chi connectivity index (χ0v) is 17.3. The summed E-state index contributed by atoms with van der Waals surface area (Å²) < 4.78 is 0. The largest absolute Gasteiger partial charge is 1.00 e. The van der Waals surface area contributed by atoms with Gasteiger partial charge < -0.3 is 4.98 Å². The van der Waals surface area contributed by atoms with E-state index in [9.17, 15) is 9.59 Å². The number of hydrogen-bond acceptors (Lipinski definition) is 3. The molecule has 0 aliphatic heterocycles. The predicted octanol–water partition coefficient (Wildman–Crippen LogP) is 4.48. The van der Waals surface area contributed by atoms with Crippen molar-refractivity contribution in [3.8, 4) is 11.3 Å². The molecule has 3 nitrogen and oxygen atoms in total. The quantitative estimate of drug-likeness (QED) is 0.379. The summed E-state index contributed by atoms with van der Waals surface area (Å²) in [6.07, 6.45) is 1.86. The van der Waals surface area contributed by atoms with Crippen LogP contribution >= 0.6 is 0 Å². The molecule has 0 aliphatic carbocycles. The second kappa shape index (κ2) is 9.35. The van der Waals surface area contributed by atoms with Crippen molar-refractivity contribution in [3.63, 3.8) is 0 Å². The van der Waals surface area contributed by atoms with Gasteiger partial charge in [0, 0.05) is 20.0 Å². The van der Waals surface area contributed by atoms with Gasteiger partial charge in [0.15, 0.2) is 11.6 Å². The van der Waals surface area contributed by atoms with E-state index in [-0.39, 0.29) is 31.4 Å². The summed E-state index contributed by atoms with van der Waals surface area (Å²) in [5, 5.41) is 2.40. The van der Waals surface area contributed by atoms with E-state index in [0.717, 1.165) is 16.8 Å². The zero-order valence-electron chi connectivity index (χ0n) is 14.7. The Bertz CT molecular complexity index is 866. The molecular weight excluding hydrogens is 488 g/mol. The molecule has 0 unspecified atom stereocenters. The Kier molecular flexibility index (Phi) is 7.80. The number of rotatable bonds is 2. The van der Waals surface area contributed by atoms with E-state index in [0.29, 0.717) is 0 Å². The van der Waals surface area contributed by atoms with Crippen LogP contribution in [0.5, 0.6) is 0 Å². The topological polar surface area (TPSA) is 47.0 Å².